The number of nitrogens with one attached hydrogen (secondary N) is 2. The Balaban J connectivity index is 0.00000210. The Labute approximate surface area is 166 Å². The molecule has 0 fully saturated rings. The number of rotatable bonds is 5. The molecule has 2 aromatic carbocycles. The third-order valence-corrected chi connectivity index (χ3v) is 5.04. The minimum atomic E-state index is -0.823. The quantitative estimate of drug-likeness (QED) is 0.459. The minimum absolute atomic E-state index is 0. The summed E-state index contributed by atoms with van der Waals surface area (Å²) in [4.78, 5) is 20.5. The number of fused-ring (bicyclic) bond motifs is 2. The number of aromatic nitrogens is 2. The number of halogens is 1. The van der Waals surface area contributed by atoms with E-state index in [0.29, 0.717) is 6.54 Å². The summed E-state index contributed by atoms with van der Waals surface area (Å²) in [5.74, 6) is -0.0412. The van der Waals surface area contributed by atoms with Crippen LogP contribution in [0, 0.1) is 0 Å². The van der Waals surface area contributed by atoms with E-state index in [2.05, 4.69) is 38.8 Å². The number of anilines is 3. The van der Waals surface area contributed by atoms with Crippen LogP contribution in [-0.4, -0.2) is 21.0 Å². The summed E-state index contributed by atoms with van der Waals surface area (Å²) >= 11 is 1.61. The average Bonchev–Trinajstić information content (AvgIpc) is 2.65. The van der Waals surface area contributed by atoms with E-state index < -0.39 is 5.97 Å². The van der Waals surface area contributed by atoms with Crippen LogP contribution in [0.2, 0.25) is 0 Å². The monoisotopic (exact) mass is 400 g/mol. The first kappa shape index (κ1) is 19.0. The Bertz CT molecular complexity index is 966. The standard InChI is InChI=1S/C19H16N4O2S.ClH/c24-17(25)10-12-1-4-14(5-2-12)22-11-13-3-6-16-15(9-13)23-18-19(26-16)21-8-7-20-18;/h1-9,22H,10-11H2,(H,20,23)(H,24,25);1H. The molecule has 2 heterocycles. The van der Waals surface area contributed by atoms with Gasteiger partial charge in [-0.05, 0) is 35.4 Å². The van der Waals surface area contributed by atoms with Crippen LogP contribution >= 0.6 is 24.2 Å². The second kappa shape index (κ2) is 8.28. The second-order valence-corrected chi connectivity index (χ2v) is 6.92. The zero-order chi connectivity index (χ0) is 17.9. The van der Waals surface area contributed by atoms with E-state index >= 15 is 0 Å². The minimum Gasteiger partial charge on any atom is -0.481 e. The number of carbonyl (C=O) groups is 1. The van der Waals surface area contributed by atoms with Gasteiger partial charge in [0, 0.05) is 29.5 Å². The summed E-state index contributed by atoms with van der Waals surface area (Å²) in [7, 11) is 0. The third kappa shape index (κ3) is 4.50. The maximum atomic E-state index is 10.7. The number of benzene rings is 2. The normalized spacial score (nSPS) is 11.4. The molecule has 0 spiro atoms. The zero-order valence-corrected chi connectivity index (χ0v) is 15.8. The summed E-state index contributed by atoms with van der Waals surface area (Å²) in [6, 6.07) is 13.7. The molecule has 8 heteroatoms. The predicted molar refractivity (Wildman–Crippen MR) is 108 cm³/mol. The highest BCUT2D eigenvalue weighted by molar-refractivity contribution is 7.99. The van der Waals surface area contributed by atoms with Crippen molar-refractivity contribution in [2.24, 2.45) is 0 Å². The molecule has 0 saturated heterocycles. The molecule has 27 heavy (non-hydrogen) atoms. The summed E-state index contributed by atoms with van der Waals surface area (Å²) < 4.78 is 0. The Morgan fingerprint density at radius 1 is 1.07 bits per heavy atom. The molecule has 0 aliphatic carbocycles. The van der Waals surface area contributed by atoms with Crippen molar-refractivity contribution in [3.63, 3.8) is 0 Å². The van der Waals surface area contributed by atoms with Crippen LogP contribution < -0.4 is 10.6 Å². The number of hydrogen-bond donors (Lipinski definition) is 3. The fourth-order valence-electron chi connectivity index (χ4n) is 2.71. The average molecular weight is 401 g/mol. The number of nitrogens with zero attached hydrogens (tertiary/aromatic N) is 2. The fourth-order valence-corrected chi connectivity index (χ4v) is 3.59. The molecule has 0 amide bonds. The zero-order valence-electron chi connectivity index (χ0n) is 14.2. The number of aliphatic carboxylic acids is 1. The van der Waals surface area contributed by atoms with E-state index in [1.807, 2.05) is 24.3 Å². The van der Waals surface area contributed by atoms with Crippen molar-refractivity contribution in [1.29, 1.82) is 0 Å². The topological polar surface area (TPSA) is 87.1 Å². The van der Waals surface area contributed by atoms with Gasteiger partial charge < -0.3 is 15.7 Å². The van der Waals surface area contributed by atoms with Crippen molar-refractivity contribution in [3.8, 4) is 0 Å². The van der Waals surface area contributed by atoms with Crippen LogP contribution in [0.3, 0.4) is 0 Å². The summed E-state index contributed by atoms with van der Waals surface area (Å²) in [6.07, 6.45) is 3.41. The van der Waals surface area contributed by atoms with Gasteiger partial charge >= 0.3 is 5.97 Å². The van der Waals surface area contributed by atoms with Crippen LogP contribution in [-0.2, 0) is 17.8 Å². The van der Waals surface area contributed by atoms with Gasteiger partial charge in [0.05, 0.1) is 12.1 Å². The first-order chi connectivity index (χ1) is 12.7. The number of carboxylic acid groups (broad SMARTS) is 1. The molecule has 4 rings (SSSR count). The number of carboxylic acids is 1. The van der Waals surface area contributed by atoms with Gasteiger partial charge in [-0.1, -0.05) is 30.0 Å². The molecule has 3 N–H and O–H groups in total. The SMILES string of the molecule is Cl.O=C(O)Cc1ccc(NCc2ccc3c(c2)Nc2nccnc2S3)cc1. The van der Waals surface area contributed by atoms with Crippen LogP contribution in [0.5, 0.6) is 0 Å². The van der Waals surface area contributed by atoms with Gasteiger partial charge in [-0.15, -0.1) is 12.4 Å². The summed E-state index contributed by atoms with van der Waals surface area (Å²) in [5.41, 5.74) is 3.91. The van der Waals surface area contributed by atoms with Gasteiger partial charge in [-0.25, -0.2) is 9.97 Å². The van der Waals surface area contributed by atoms with E-state index in [0.717, 1.165) is 38.2 Å². The molecule has 6 nitrogen and oxygen atoms in total. The van der Waals surface area contributed by atoms with E-state index in [-0.39, 0.29) is 18.8 Å². The lowest BCUT2D eigenvalue weighted by molar-refractivity contribution is -0.136. The van der Waals surface area contributed by atoms with Crippen LogP contribution in [0.1, 0.15) is 11.1 Å². The molecule has 1 aliphatic heterocycles. The van der Waals surface area contributed by atoms with Crippen molar-refractivity contribution in [2.45, 2.75) is 22.9 Å². The molecule has 0 atom stereocenters. The first-order valence-electron chi connectivity index (χ1n) is 8.11. The maximum Gasteiger partial charge on any atom is 0.307 e. The molecule has 138 valence electrons. The van der Waals surface area contributed by atoms with Crippen molar-refractivity contribution in [1.82, 2.24) is 9.97 Å². The highest BCUT2D eigenvalue weighted by Crippen LogP contribution is 2.42. The molecule has 0 saturated carbocycles. The first-order valence-corrected chi connectivity index (χ1v) is 8.92. The van der Waals surface area contributed by atoms with E-state index in [4.69, 9.17) is 5.11 Å². The van der Waals surface area contributed by atoms with Gasteiger partial charge in [-0.2, -0.15) is 0 Å². The molecule has 0 radical (unpaired) electrons. The Morgan fingerprint density at radius 3 is 2.59 bits per heavy atom. The van der Waals surface area contributed by atoms with Gasteiger partial charge in [-0.3, -0.25) is 4.79 Å². The van der Waals surface area contributed by atoms with Crippen LogP contribution in [0.4, 0.5) is 17.2 Å². The van der Waals surface area contributed by atoms with Crippen LogP contribution in [0.15, 0.2) is 64.8 Å². The van der Waals surface area contributed by atoms with Gasteiger partial charge in [0.2, 0.25) is 0 Å². The molecule has 3 aromatic rings. The van der Waals surface area contributed by atoms with Gasteiger partial charge in [0.25, 0.3) is 0 Å². The highest BCUT2D eigenvalue weighted by atomic mass is 35.5. The molecule has 0 bridgehead atoms. The van der Waals surface area contributed by atoms with Crippen molar-refractivity contribution in [2.75, 3.05) is 10.6 Å². The molecule has 1 aliphatic rings. The lowest BCUT2D eigenvalue weighted by Gasteiger charge is -2.19. The van der Waals surface area contributed by atoms with E-state index in [1.165, 1.54) is 0 Å². The Kier molecular flexibility index (Phi) is 5.83. The van der Waals surface area contributed by atoms with E-state index in [9.17, 15) is 4.79 Å². The largest absolute Gasteiger partial charge is 0.481 e. The van der Waals surface area contributed by atoms with Crippen molar-refractivity contribution in [3.05, 3.63) is 66.0 Å². The Morgan fingerprint density at radius 2 is 1.81 bits per heavy atom. The fraction of sp³-hybridized carbons (Fsp3) is 0.105. The van der Waals surface area contributed by atoms with Gasteiger partial charge in [0.1, 0.15) is 5.03 Å². The van der Waals surface area contributed by atoms with Crippen molar-refractivity contribution < 1.29 is 9.90 Å². The maximum absolute atomic E-state index is 10.7. The third-order valence-electron chi connectivity index (χ3n) is 3.97. The predicted octanol–water partition coefficient (Wildman–Crippen LogP) is 4.35. The smallest absolute Gasteiger partial charge is 0.307 e. The lowest BCUT2D eigenvalue weighted by Crippen LogP contribution is -2.05. The van der Waals surface area contributed by atoms with Crippen molar-refractivity contribution >= 4 is 47.3 Å². The summed E-state index contributed by atoms with van der Waals surface area (Å²) in [5, 5.41) is 16.4. The Hall–Kier alpha value is -2.77. The molecular formula is C19H17ClN4O2S. The van der Waals surface area contributed by atoms with Crippen LogP contribution in [0.25, 0.3) is 0 Å². The number of hydrogen-bond acceptors (Lipinski definition) is 6. The lowest BCUT2D eigenvalue weighted by atomic mass is 10.1. The summed E-state index contributed by atoms with van der Waals surface area (Å²) in [6.45, 7) is 0.672. The van der Waals surface area contributed by atoms with E-state index in [1.54, 1.807) is 24.2 Å². The highest BCUT2D eigenvalue weighted by Gasteiger charge is 2.17. The molecular weight excluding hydrogens is 384 g/mol. The second-order valence-electron chi connectivity index (χ2n) is 5.89. The molecule has 0 unspecified atom stereocenters. The molecule has 1 aromatic heterocycles. The van der Waals surface area contributed by atoms with Gasteiger partial charge in [0.15, 0.2) is 5.82 Å².